The van der Waals surface area contributed by atoms with Crippen LogP contribution in [0.1, 0.15) is 51.4 Å². The standard InChI is InChI=1S/C43H49F2N9O5/c44-33-25-31(47-35-12-14-37(55)49-40(35)57)11-13-36(33)52-22-20-51(21-23-52)27-43(59)15-18-53(19-16-43)41(58)28-7-9-30(10-8-28)48-42-46-26-34(45)39(50-42)29-4-3-5-32(24-29)54-17-2-1-6-38(54)56/h1-6,11,13,17,24-26,28,30,35,47,59H,7-10,12,14-16,18-23,27H2,(H,46,48,50)(H,49,55,57)/t28?,30?,35-/m0/s1. The number of imide groups is 1. The minimum absolute atomic E-state index is 0.0244. The molecule has 1 atom stereocenters. The number of nitrogens with zero attached hydrogens (tertiary/aromatic N) is 6. The van der Waals surface area contributed by atoms with Crippen LogP contribution in [-0.4, -0.2) is 111 Å². The number of aliphatic hydroxyl groups is 1. The summed E-state index contributed by atoms with van der Waals surface area (Å²) in [6.07, 6.45) is 7.23. The summed E-state index contributed by atoms with van der Waals surface area (Å²) < 4.78 is 31.7. The number of β-amino-alcohol motifs (C(OH)–C–C–N with tert-alkyl or cyclic N) is 1. The zero-order valence-corrected chi connectivity index (χ0v) is 32.8. The van der Waals surface area contributed by atoms with Crippen LogP contribution in [-0.2, 0) is 14.4 Å². The van der Waals surface area contributed by atoms with Crippen LogP contribution in [0.25, 0.3) is 16.9 Å². The number of piperazine rings is 1. The van der Waals surface area contributed by atoms with Gasteiger partial charge in [0.05, 0.1) is 17.5 Å². The van der Waals surface area contributed by atoms with E-state index in [1.54, 1.807) is 54.7 Å². The van der Waals surface area contributed by atoms with Crippen LogP contribution >= 0.6 is 0 Å². The first kappa shape index (κ1) is 40.1. The molecule has 4 aliphatic rings. The molecule has 3 amide bonds. The summed E-state index contributed by atoms with van der Waals surface area (Å²) in [7, 11) is 0. The summed E-state index contributed by atoms with van der Waals surface area (Å²) in [5.74, 6) is -1.36. The van der Waals surface area contributed by atoms with Gasteiger partial charge in [-0.2, -0.15) is 0 Å². The molecule has 4 N–H and O–H groups in total. The van der Waals surface area contributed by atoms with E-state index in [4.69, 9.17) is 0 Å². The van der Waals surface area contributed by atoms with Crippen molar-refractivity contribution >= 4 is 35.0 Å². The number of pyridine rings is 1. The molecule has 1 saturated carbocycles. The van der Waals surface area contributed by atoms with Crippen molar-refractivity contribution in [2.45, 2.75) is 69.1 Å². The molecule has 0 bridgehead atoms. The van der Waals surface area contributed by atoms with Gasteiger partial charge in [0.15, 0.2) is 5.82 Å². The van der Waals surface area contributed by atoms with E-state index in [-0.39, 0.29) is 41.4 Å². The summed E-state index contributed by atoms with van der Waals surface area (Å²) in [6.45, 7) is 3.97. The highest BCUT2D eigenvalue weighted by atomic mass is 19.1. The average Bonchev–Trinajstić information content (AvgIpc) is 3.23. The van der Waals surface area contributed by atoms with E-state index in [9.17, 15) is 28.7 Å². The van der Waals surface area contributed by atoms with Crippen molar-refractivity contribution in [3.8, 4) is 16.9 Å². The Labute approximate surface area is 340 Å². The van der Waals surface area contributed by atoms with Gasteiger partial charge >= 0.3 is 0 Å². The molecule has 16 heteroatoms. The lowest BCUT2D eigenvalue weighted by Gasteiger charge is -2.44. The Bertz CT molecular complexity index is 2250. The van der Waals surface area contributed by atoms with E-state index in [1.807, 2.05) is 9.80 Å². The molecule has 0 unspecified atom stereocenters. The summed E-state index contributed by atoms with van der Waals surface area (Å²) in [5, 5.41) is 20.2. The van der Waals surface area contributed by atoms with Gasteiger partial charge in [0.1, 0.15) is 17.6 Å². The Morgan fingerprint density at radius 1 is 0.864 bits per heavy atom. The number of rotatable bonds is 10. The highest BCUT2D eigenvalue weighted by Crippen LogP contribution is 2.32. The molecule has 3 aliphatic heterocycles. The first-order valence-electron chi connectivity index (χ1n) is 20.5. The van der Waals surface area contributed by atoms with Crippen LogP contribution in [0.5, 0.6) is 0 Å². The molecule has 0 spiro atoms. The highest BCUT2D eigenvalue weighted by Gasteiger charge is 2.38. The Morgan fingerprint density at radius 2 is 1.64 bits per heavy atom. The van der Waals surface area contributed by atoms with E-state index < -0.39 is 29.2 Å². The number of hydrogen-bond donors (Lipinski definition) is 4. The Balaban J connectivity index is 0.776. The van der Waals surface area contributed by atoms with E-state index in [1.165, 1.54) is 16.7 Å². The molecular weight excluding hydrogens is 761 g/mol. The van der Waals surface area contributed by atoms with Crippen molar-refractivity contribution in [1.29, 1.82) is 0 Å². The second-order valence-electron chi connectivity index (χ2n) is 16.2. The van der Waals surface area contributed by atoms with Gasteiger partial charge in [-0.3, -0.25) is 34.0 Å². The number of hydrogen-bond acceptors (Lipinski definition) is 11. The molecule has 14 nitrogen and oxygen atoms in total. The van der Waals surface area contributed by atoms with Crippen LogP contribution in [0.2, 0.25) is 0 Å². The fourth-order valence-corrected chi connectivity index (χ4v) is 8.76. The second kappa shape index (κ2) is 17.2. The zero-order chi connectivity index (χ0) is 41.1. The average molecular weight is 810 g/mol. The van der Waals surface area contributed by atoms with Crippen LogP contribution in [0.3, 0.4) is 0 Å². The Morgan fingerprint density at radius 3 is 2.37 bits per heavy atom. The fourth-order valence-electron chi connectivity index (χ4n) is 8.76. The van der Waals surface area contributed by atoms with Crippen molar-refractivity contribution < 1.29 is 28.3 Å². The lowest BCUT2D eigenvalue weighted by atomic mass is 9.84. The van der Waals surface area contributed by atoms with Crippen LogP contribution in [0.15, 0.2) is 77.9 Å². The minimum Gasteiger partial charge on any atom is -0.388 e. The van der Waals surface area contributed by atoms with Crippen molar-refractivity contribution in [1.82, 2.24) is 29.7 Å². The van der Waals surface area contributed by atoms with Crippen molar-refractivity contribution in [2.24, 2.45) is 5.92 Å². The van der Waals surface area contributed by atoms with Crippen LogP contribution in [0, 0.1) is 17.6 Å². The second-order valence-corrected chi connectivity index (χ2v) is 16.2. The monoisotopic (exact) mass is 809 g/mol. The normalized spacial score (nSPS) is 22.5. The number of amides is 3. The molecule has 8 rings (SSSR count). The van der Waals surface area contributed by atoms with Crippen molar-refractivity contribution in [3.05, 3.63) is 95.0 Å². The topological polar surface area (TPSA) is 165 Å². The number of piperidine rings is 2. The molecule has 2 aromatic heterocycles. The van der Waals surface area contributed by atoms with E-state index in [2.05, 4.69) is 30.8 Å². The van der Waals surface area contributed by atoms with Gasteiger partial charge in [0.2, 0.25) is 23.7 Å². The molecule has 5 heterocycles. The van der Waals surface area contributed by atoms with Crippen LogP contribution < -0.4 is 26.4 Å². The first-order valence-corrected chi connectivity index (χ1v) is 20.5. The summed E-state index contributed by atoms with van der Waals surface area (Å²) in [4.78, 5) is 64.3. The smallest absolute Gasteiger partial charge is 0.255 e. The molecule has 3 saturated heterocycles. The van der Waals surface area contributed by atoms with Gasteiger partial charge in [-0.05, 0) is 81.3 Å². The summed E-state index contributed by atoms with van der Waals surface area (Å²) >= 11 is 0. The quantitative estimate of drug-likeness (QED) is 0.172. The van der Waals surface area contributed by atoms with Gasteiger partial charge in [-0.1, -0.05) is 18.2 Å². The highest BCUT2D eigenvalue weighted by molar-refractivity contribution is 6.01. The molecule has 59 heavy (non-hydrogen) atoms. The molecular formula is C43H49F2N9O5. The van der Waals surface area contributed by atoms with Gasteiger partial charge in [-0.15, -0.1) is 0 Å². The SMILES string of the molecule is O=C1CC[C@H](Nc2ccc(N3CCN(CC4(O)CCN(C(=O)C5CCC(Nc6ncc(F)c(-c7cccc(-n8ccccc8=O)c7)n6)CC5)CC4)CC3)c(F)c2)C(=O)N1. The van der Waals surface area contributed by atoms with Gasteiger partial charge < -0.3 is 25.5 Å². The maximum atomic E-state index is 15.2. The third-order valence-electron chi connectivity index (χ3n) is 12.1. The lowest BCUT2D eigenvalue weighted by molar-refractivity contribution is -0.141. The number of benzene rings is 2. The molecule has 2 aromatic carbocycles. The number of likely N-dealkylation sites (tertiary alicyclic amines) is 1. The Kier molecular flexibility index (Phi) is 11.7. The maximum Gasteiger partial charge on any atom is 0.255 e. The molecule has 0 radical (unpaired) electrons. The minimum atomic E-state index is -0.913. The predicted octanol–water partition coefficient (Wildman–Crippen LogP) is 3.94. The predicted molar refractivity (Wildman–Crippen MR) is 218 cm³/mol. The third-order valence-corrected chi connectivity index (χ3v) is 12.1. The van der Waals surface area contributed by atoms with Crippen LogP contribution in [0.4, 0.5) is 26.1 Å². The molecule has 1 aliphatic carbocycles. The first-order chi connectivity index (χ1) is 28.5. The van der Waals surface area contributed by atoms with Gasteiger partial charge in [-0.25, -0.2) is 18.7 Å². The van der Waals surface area contributed by atoms with E-state index in [0.29, 0.717) is 106 Å². The summed E-state index contributed by atoms with van der Waals surface area (Å²) in [5.41, 5.74) is 1.10. The van der Waals surface area contributed by atoms with E-state index in [0.717, 1.165) is 19.0 Å². The van der Waals surface area contributed by atoms with Crippen molar-refractivity contribution in [2.75, 3.05) is 61.3 Å². The number of halogens is 2. The summed E-state index contributed by atoms with van der Waals surface area (Å²) in [6, 6.07) is 16.1. The zero-order valence-electron chi connectivity index (χ0n) is 32.8. The fraction of sp³-hybridized carbons (Fsp3) is 0.442. The largest absolute Gasteiger partial charge is 0.388 e. The van der Waals surface area contributed by atoms with Gasteiger partial charge in [0.25, 0.3) is 5.56 Å². The van der Waals surface area contributed by atoms with Gasteiger partial charge in [0, 0.05) is 93.4 Å². The lowest BCUT2D eigenvalue weighted by Crippen LogP contribution is -2.56. The Hall–Kier alpha value is -5.74. The molecule has 4 aromatic rings. The number of carbonyl (C=O) groups excluding carboxylic acids is 3. The maximum absolute atomic E-state index is 15.2. The molecule has 310 valence electrons. The number of aromatic nitrogens is 3. The van der Waals surface area contributed by atoms with E-state index >= 15 is 4.39 Å². The molecule has 4 fully saturated rings. The third kappa shape index (κ3) is 9.28. The number of nitrogens with one attached hydrogen (secondary N) is 3. The van der Waals surface area contributed by atoms with Crippen molar-refractivity contribution in [3.63, 3.8) is 0 Å². The number of carbonyl (C=O) groups is 3. The number of anilines is 3.